The van der Waals surface area contributed by atoms with E-state index in [1.54, 1.807) is 0 Å². The lowest BCUT2D eigenvalue weighted by atomic mass is 9.64. The minimum atomic E-state index is -1.05. The second kappa shape index (κ2) is 8.47. The van der Waals surface area contributed by atoms with E-state index in [-0.39, 0.29) is 23.5 Å². The number of esters is 1. The predicted octanol–water partition coefficient (Wildman–Crippen LogP) is 4.00. The lowest BCUT2D eigenvalue weighted by Crippen LogP contribution is -2.69. The van der Waals surface area contributed by atoms with Crippen molar-refractivity contribution in [2.45, 2.75) is 83.0 Å². The Kier molecular flexibility index (Phi) is 6.37. The number of benzene rings is 1. The highest BCUT2D eigenvalue weighted by molar-refractivity contribution is 5.89. The molecule has 0 aromatic heterocycles. The van der Waals surface area contributed by atoms with Gasteiger partial charge in [-0.3, -0.25) is 4.79 Å². The summed E-state index contributed by atoms with van der Waals surface area (Å²) in [5.41, 5.74) is 0.211. The number of nitrogens with one attached hydrogen (secondary N) is 1. The van der Waals surface area contributed by atoms with Crippen molar-refractivity contribution in [2.24, 2.45) is 11.8 Å². The molecule has 5 heteroatoms. The first-order valence-electron chi connectivity index (χ1n) is 10.8. The number of methoxy groups -OCH3 is 1. The van der Waals surface area contributed by atoms with E-state index in [0.717, 1.165) is 19.3 Å². The molecular formula is C24H35NO4. The highest BCUT2D eigenvalue weighted by Gasteiger charge is 2.57. The van der Waals surface area contributed by atoms with Crippen LogP contribution in [0.3, 0.4) is 0 Å². The van der Waals surface area contributed by atoms with Crippen molar-refractivity contribution in [3.63, 3.8) is 0 Å². The Hall–Kier alpha value is -1.88. The van der Waals surface area contributed by atoms with E-state index < -0.39 is 11.5 Å². The molecule has 0 radical (unpaired) electrons. The molecule has 2 saturated carbocycles. The normalized spacial score (nSPS) is 32.2. The smallest absolute Gasteiger partial charge is 0.334 e. The second-order valence-corrected chi connectivity index (χ2v) is 9.46. The number of hydrogen-bond acceptors (Lipinski definition) is 4. The predicted molar refractivity (Wildman–Crippen MR) is 112 cm³/mol. The summed E-state index contributed by atoms with van der Waals surface area (Å²) in [7, 11) is 1.37. The van der Waals surface area contributed by atoms with Crippen LogP contribution in [0, 0.1) is 11.8 Å². The largest absolute Gasteiger partial charge is 0.467 e. The van der Waals surface area contributed by atoms with E-state index in [1.165, 1.54) is 26.0 Å². The minimum Gasteiger partial charge on any atom is -0.467 e. The molecule has 0 saturated heterocycles. The highest BCUT2D eigenvalue weighted by Crippen LogP contribution is 2.46. The summed E-state index contributed by atoms with van der Waals surface area (Å²) in [5, 5.41) is 2.84. The molecule has 1 N–H and O–H groups in total. The van der Waals surface area contributed by atoms with E-state index in [0.29, 0.717) is 18.3 Å². The fourth-order valence-corrected chi connectivity index (χ4v) is 5.26. The topological polar surface area (TPSA) is 64.6 Å². The van der Waals surface area contributed by atoms with Crippen LogP contribution in [0.15, 0.2) is 30.3 Å². The van der Waals surface area contributed by atoms with Crippen LogP contribution in [0.25, 0.3) is 0 Å². The maximum absolute atomic E-state index is 12.6. The van der Waals surface area contributed by atoms with Crippen LogP contribution in [0.4, 0.5) is 0 Å². The molecule has 5 atom stereocenters. The summed E-state index contributed by atoms with van der Waals surface area (Å²) >= 11 is 0. The summed E-state index contributed by atoms with van der Waals surface area (Å²) < 4.78 is 11.7. The Labute approximate surface area is 174 Å². The molecule has 2 fully saturated rings. The fraction of sp³-hybridized carbons (Fsp3) is 0.667. The van der Waals surface area contributed by atoms with Crippen LogP contribution in [0.5, 0.6) is 0 Å². The number of amides is 1. The standard InChI is InChI=1S/C24H35NO4/c1-16-11-12-19(23(3,4)18-9-7-6-8-10-18)20(15-16)29-21-13-14-24(21,22(27)28-5)25-17(2)26/h6-10,16,19-21H,11-15H2,1-5H3,(H,25,26)/t16-,19-,20-,21-,24-/m1/s1. The van der Waals surface area contributed by atoms with Gasteiger partial charge in [-0.25, -0.2) is 4.79 Å². The number of carbonyl (C=O) groups excluding carboxylic acids is 2. The summed E-state index contributed by atoms with van der Waals surface area (Å²) in [6.07, 6.45) is 4.23. The van der Waals surface area contributed by atoms with Gasteiger partial charge in [0.2, 0.25) is 5.91 Å². The van der Waals surface area contributed by atoms with Gasteiger partial charge in [0.1, 0.15) is 0 Å². The lowest BCUT2D eigenvalue weighted by Gasteiger charge is -2.51. The molecule has 0 spiro atoms. The average molecular weight is 402 g/mol. The van der Waals surface area contributed by atoms with Crippen molar-refractivity contribution in [1.29, 1.82) is 0 Å². The molecule has 0 heterocycles. The average Bonchev–Trinajstić information content (AvgIpc) is 2.69. The number of ether oxygens (including phenoxy) is 2. The van der Waals surface area contributed by atoms with E-state index in [1.807, 2.05) is 6.07 Å². The summed E-state index contributed by atoms with van der Waals surface area (Å²) in [4.78, 5) is 24.3. The summed E-state index contributed by atoms with van der Waals surface area (Å²) in [5.74, 6) is 0.277. The van der Waals surface area contributed by atoms with Gasteiger partial charge in [-0.15, -0.1) is 0 Å². The molecule has 0 aliphatic heterocycles. The van der Waals surface area contributed by atoms with Gasteiger partial charge in [0.05, 0.1) is 19.3 Å². The van der Waals surface area contributed by atoms with Crippen LogP contribution < -0.4 is 5.32 Å². The third-order valence-corrected chi connectivity index (χ3v) is 7.14. The van der Waals surface area contributed by atoms with Crippen LogP contribution in [0.2, 0.25) is 0 Å². The number of hydrogen-bond donors (Lipinski definition) is 1. The maximum Gasteiger partial charge on any atom is 0.334 e. The van der Waals surface area contributed by atoms with Crippen molar-refractivity contribution in [3.8, 4) is 0 Å². The molecule has 5 nitrogen and oxygen atoms in total. The number of rotatable bonds is 6. The van der Waals surface area contributed by atoms with Gasteiger partial charge in [0.25, 0.3) is 0 Å². The van der Waals surface area contributed by atoms with E-state index in [9.17, 15) is 9.59 Å². The molecule has 3 rings (SSSR count). The Bertz CT molecular complexity index is 732. The van der Waals surface area contributed by atoms with Crippen LogP contribution >= 0.6 is 0 Å². The third-order valence-electron chi connectivity index (χ3n) is 7.14. The molecular weight excluding hydrogens is 366 g/mol. The van der Waals surface area contributed by atoms with Crippen molar-refractivity contribution >= 4 is 11.9 Å². The van der Waals surface area contributed by atoms with E-state index in [2.05, 4.69) is 50.4 Å². The third kappa shape index (κ3) is 4.20. The van der Waals surface area contributed by atoms with Gasteiger partial charge >= 0.3 is 5.97 Å². The SMILES string of the molecule is COC(=O)[C@@]1(NC(C)=O)CC[C@H]1O[C@@H]1C[C@H](C)CC[C@H]1C(C)(C)c1ccccc1. The quantitative estimate of drug-likeness (QED) is 0.732. The first kappa shape index (κ1) is 21.8. The highest BCUT2D eigenvalue weighted by atomic mass is 16.5. The summed E-state index contributed by atoms with van der Waals surface area (Å²) in [6, 6.07) is 10.6. The Morgan fingerprint density at radius 2 is 1.83 bits per heavy atom. The number of carbonyl (C=O) groups is 2. The Morgan fingerprint density at radius 3 is 2.38 bits per heavy atom. The van der Waals surface area contributed by atoms with Crippen LogP contribution in [-0.4, -0.2) is 36.7 Å². The Balaban J connectivity index is 1.84. The zero-order chi connectivity index (χ0) is 21.2. The fourth-order valence-electron chi connectivity index (χ4n) is 5.26. The Morgan fingerprint density at radius 1 is 1.14 bits per heavy atom. The van der Waals surface area contributed by atoms with Crippen LogP contribution in [-0.2, 0) is 24.5 Å². The monoisotopic (exact) mass is 401 g/mol. The second-order valence-electron chi connectivity index (χ2n) is 9.46. The zero-order valence-corrected chi connectivity index (χ0v) is 18.4. The zero-order valence-electron chi connectivity index (χ0n) is 18.4. The first-order chi connectivity index (χ1) is 13.7. The van der Waals surface area contributed by atoms with E-state index in [4.69, 9.17) is 9.47 Å². The van der Waals surface area contributed by atoms with Gasteiger partial charge in [0.15, 0.2) is 5.54 Å². The molecule has 29 heavy (non-hydrogen) atoms. The molecule has 0 bridgehead atoms. The molecule has 1 amide bonds. The van der Waals surface area contributed by atoms with E-state index >= 15 is 0 Å². The molecule has 1 aromatic rings. The molecule has 1 aromatic carbocycles. The lowest BCUT2D eigenvalue weighted by molar-refractivity contribution is -0.186. The van der Waals surface area contributed by atoms with Crippen molar-refractivity contribution < 1.29 is 19.1 Å². The molecule has 0 unspecified atom stereocenters. The van der Waals surface area contributed by atoms with Crippen molar-refractivity contribution in [1.82, 2.24) is 5.32 Å². The van der Waals surface area contributed by atoms with Crippen molar-refractivity contribution in [2.75, 3.05) is 7.11 Å². The van der Waals surface area contributed by atoms with Crippen LogP contribution in [0.1, 0.15) is 65.4 Å². The molecule has 2 aliphatic carbocycles. The van der Waals surface area contributed by atoms with Gasteiger partial charge in [-0.2, -0.15) is 0 Å². The van der Waals surface area contributed by atoms with Gasteiger partial charge in [-0.1, -0.05) is 57.5 Å². The molecule has 160 valence electrons. The van der Waals surface area contributed by atoms with Gasteiger partial charge in [0, 0.05) is 6.92 Å². The van der Waals surface area contributed by atoms with Crippen molar-refractivity contribution in [3.05, 3.63) is 35.9 Å². The first-order valence-corrected chi connectivity index (χ1v) is 10.8. The molecule has 2 aliphatic rings. The summed E-state index contributed by atoms with van der Waals surface area (Å²) in [6.45, 7) is 8.29. The van der Waals surface area contributed by atoms with Gasteiger partial charge < -0.3 is 14.8 Å². The maximum atomic E-state index is 12.6. The van der Waals surface area contributed by atoms with Gasteiger partial charge in [-0.05, 0) is 48.5 Å². The minimum absolute atomic E-state index is 0.0389.